The first-order valence-corrected chi connectivity index (χ1v) is 8.36. The van der Waals surface area contributed by atoms with Crippen LogP contribution >= 0.6 is 0 Å². The summed E-state index contributed by atoms with van der Waals surface area (Å²) in [6.07, 6.45) is 5.94. The summed E-state index contributed by atoms with van der Waals surface area (Å²) in [7, 11) is 0. The summed E-state index contributed by atoms with van der Waals surface area (Å²) in [6, 6.07) is 10.0. The summed E-state index contributed by atoms with van der Waals surface area (Å²) < 4.78 is 1.86. The molecule has 5 nitrogen and oxygen atoms in total. The summed E-state index contributed by atoms with van der Waals surface area (Å²) in [4.78, 5) is 14.7. The van der Waals surface area contributed by atoms with Crippen LogP contribution in [0.1, 0.15) is 31.4 Å². The van der Waals surface area contributed by atoms with Crippen LogP contribution in [-0.4, -0.2) is 28.8 Å². The van der Waals surface area contributed by atoms with Crippen molar-refractivity contribution in [1.29, 1.82) is 0 Å². The lowest BCUT2D eigenvalue weighted by Gasteiger charge is -2.30. The maximum atomic E-state index is 12.3. The molecule has 1 aliphatic heterocycles. The average Bonchev–Trinajstić information content (AvgIpc) is 2.99. The molecule has 0 aliphatic carbocycles. The molecule has 1 fully saturated rings. The molecule has 1 aromatic carbocycles. The molecule has 1 N–H and O–H groups in total. The molecule has 0 saturated carbocycles. The lowest BCUT2D eigenvalue weighted by atomic mass is 10.1. The first-order valence-electron chi connectivity index (χ1n) is 8.36. The molecule has 1 aromatic heterocycles. The number of piperidine rings is 1. The third-order valence-corrected chi connectivity index (χ3v) is 4.35. The number of nitrogens with one attached hydrogen (secondary N) is 1. The molecule has 0 radical (unpaired) electrons. The van der Waals surface area contributed by atoms with E-state index in [9.17, 15) is 4.79 Å². The Labute approximate surface area is 137 Å². The number of para-hydroxylation sites is 2. The third-order valence-electron chi connectivity index (χ3n) is 4.35. The number of anilines is 2. The highest BCUT2D eigenvalue weighted by atomic mass is 16.1. The number of benzene rings is 1. The van der Waals surface area contributed by atoms with Gasteiger partial charge in [-0.25, -0.2) is 0 Å². The molecule has 2 heterocycles. The summed E-state index contributed by atoms with van der Waals surface area (Å²) in [5.41, 5.74) is 3.12. The van der Waals surface area contributed by atoms with Gasteiger partial charge in [-0.05, 0) is 44.4 Å². The van der Waals surface area contributed by atoms with Crippen molar-refractivity contribution in [3.8, 4) is 0 Å². The minimum Gasteiger partial charge on any atom is -0.370 e. The van der Waals surface area contributed by atoms with E-state index in [1.807, 2.05) is 35.9 Å². The second-order valence-corrected chi connectivity index (χ2v) is 6.06. The first-order chi connectivity index (χ1) is 11.2. The van der Waals surface area contributed by atoms with Crippen LogP contribution in [0.15, 0.2) is 36.5 Å². The van der Waals surface area contributed by atoms with Gasteiger partial charge in [-0.2, -0.15) is 5.10 Å². The van der Waals surface area contributed by atoms with Crippen LogP contribution in [-0.2, 0) is 11.3 Å². The average molecular weight is 312 g/mol. The van der Waals surface area contributed by atoms with Crippen molar-refractivity contribution in [2.45, 2.75) is 39.2 Å². The number of hydrogen-bond acceptors (Lipinski definition) is 3. The van der Waals surface area contributed by atoms with Gasteiger partial charge in [0.15, 0.2) is 0 Å². The van der Waals surface area contributed by atoms with Crippen LogP contribution in [0.2, 0.25) is 0 Å². The van der Waals surface area contributed by atoms with E-state index in [1.54, 1.807) is 6.20 Å². The maximum absolute atomic E-state index is 12.3. The Morgan fingerprint density at radius 3 is 2.70 bits per heavy atom. The monoisotopic (exact) mass is 312 g/mol. The predicted octanol–water partition coefficient (Wildman–Crippen LogP) is 3.21. The van der Waals surface area contributed by atoms with Gasteiger partial charge in [-0.1, -0.05) is 12.1 Å². The molecule has 1 saturated heterocycles. The summed E-state index contributed by atoms with van der Waals surface area (Å²) in [5, 5.41) is 7.28. The number of rotatable bonds is 5. The molecule has 3 rings (SSSR count). The smallest absolute Gasteiger partial charge is 0.226 e. The number of carbonyl (C=O) groups is 1. The summed E-state index contributed by atoms with van der Waals surface area (Å²) in [5.74, 6) is 0.0318. The molecule has 1 amide bonds. The Morgan fingerprint density at radius 1 is 1.17 bits per heavy atom. The molecule has 122 valence electrons. The Bertz CT molecular complexity index is 659. The minimum absolute atomic E-state index is 0.0318. The van der Waals surface area contributed by atoms with Crippen molar-refractivity contribution >= 4 is 17.3 Å². The van der Waals surface area contributed by atoms with E-state index in [-0.39, 0.29) is 5.91 Å². The lowest BCUT2D eigenvalue weighted by Crippen LogP contribution is -2.30. The predicted molar refractivity (Wildman–Crippen MR) is 92.7 cm³/mol. The van der Waals surface area contributed by atoms with Gasteiger partial charge >= 0.3 is 0 Å². The van der Waals surface area contributed by atoms with Crippen LogP contribution in [0, 0.1) is 6.92 Å². The van der Waals surface area contributed by atoms with Crippen molar-refractivity contribution < 1.29 is 4.79 Å². The maximum Gasteiger partial charge on any atom is 0.226 e. The highest BCUT2D eigenvalue weighted by molar-refractivity contribution is 5.94. The van der Waals surface area contributed by atoms with E-state index in [1.165, 1.54) is 19.3 Å². The number of nitrogens with zero attached hydrogens (tertiary/aromatic N) is 3. The molecule has 0 spiro atoms. The Morgan fingerprint density at radius 2 is 1.96 bits per heavy atom. The molecule has 1 aliphatic rings. The topological polar surface area (TPSA) is 50.2 Å². The third kappa shape index (κ3) is 3.92. The van der Waals surface area contributed by atoms with E-state index in [0.29, 0.717) is 13.0 Å². The highest BCUT2D eigenvalue weighted by Gasteiger charge is 2.15. The molecule has 0 atom stereocenters. The van der Waals surface area contributed by atoms with E-state index < -0.39 is 0 Å². The molecular formula is C18H24N4O. The fourth-order valence-corrected chi connectivity index (χ4v) is 3.04. The van der Waals surface area contributed by atoms with Crippen molar-refractivity contribution in [2.24, 2.45) is 0 Å². The quantitative estimate of drug-likeness (QED) is 0.922. The molecule has 0 unspecified atom stereocenters. The van der Waals surface area contributed by atoms with Crippen molar-refractivity contribution in [3.63, 3.8) is 0 Å². The van der Waals surface area contributed by atoms with Crippen LogP contribution in [0.5, 0.6) is 0 Å². The van der Waals surface area contributed by atoms with E-state index in [0.717, 1.165) is 30.2 Å². The van der Waals surface area contributed by atoms with Crippen molar-refractivity contribution in [2.75, 3.05) is 23.3 Å². The van der Waals surface area contributed by atoms with Crippen molar-refractivity contribution in [3.05, 3.63) is 42.2 Å². The van der Waals surface area contributed by atoms with Crippen LogP contribution in [0.4, 0.5) is 11.4 Å². The molecular weight excluding hydrogens is 288 g/mol. The zero-order valence-corrected chi connectivity index (χ0v) is 13.7. The normalized spacial score (nSPS) is 14.7. The zero-order chi connectivity index (χ0) is 16.1. The van der Waals surface area contributed by atoms with E-state index in [4.69, 9.17) is 0 Å². The van der Waals surface area contributed by atoms with E-state index in [2.05, 4.69) is 21.4 Å². The standard InChI is InChI=1S/C18H24N4O/c1-15-9-11-19-22(15)14-10-18(23)20-16-7-3-4-8-17(16)21-12-5-2-6-13-21/h3-4,7-9,11H,2,5-6,10,12-14H2,1H3,(H,20,23). The van der Waals surface area contributed by atoms with Gasteiger partial charge in [0.25, 0.3) is 0 Å². The van der Waals surface area contributed by atoms with Crippen molar-refractivity contribution in [1.82, 2.24) is 9.78 Å². The summed E-state index contributed by atoms with van der Waals surface area (Å²) in [6.45, 7) is 4.74. The highest BCUT2D eigenvalue weighted by Crippen LogP contribution is 2.28. The number of carbonyl (C=O) groups excluding carboxylic acids is 1. The van der Waals surface area contributed by atoms with Gasteiger partial charge in [0.2, 0.25) is 5.91 Å². The molecule has 2 aromatic rings. The number of hydrogen-bond donors (Lipinski definition) is 1. The Kier molecular flexibility index (Phi) is 4.95. The van der Waals surface area contributed by atoms with Gasteiger partial charge in [0.1, 0.15) is 0 Å². The Balaban J connectivity index is 1.63. The van der Waals surface area contributed by atoms with Gasteiger partial charge in [0, 0.05) is 37.9 Å². The largest absolute Gasteiger partial charge is 0.370 e. The molecule has 23 heavy (non-hydrogen) atoms. The number of aryl methyl sites for hydroxylation is 2. The van der Waals surface area contributed by atoms with Gasteiger partial charge in [-0.3, -0.25) is 9.48 Å². The van der Waals surface area contributed by atoms with E-state index >= 15 is 0 Å². The second kappa shape index (κ2) is 7.31. The molecule has 0 bridgehead atoms. The second-order valence-electron chi connectivity index (χ2n) is 6.06. The SMILES string of the molecule is Cc1ccnn1CCC(=O)Nc1ccccc1N1CCCCC1. The van der Waals surface area contributed by atoms with Gasteiger partial charge in [-0.15, -0.1) is 0 Å². The fraction of sp³-hybridized carbons (Fsp3) is 0.444. The lowest BCUT2D eigenvalue weighted by molar-refractivity contribution is -0.116. The Hall–Kier alpha value is -2.30. The summed E-state index contributed by atoms with van der Waals surface area (Å²) >= 11 is 0. The zero-order valence-electron chi connectivity index (χ0n) is 13.7. The molecule has 5 heteroatoms. The van der Waals surface area contributed by atoms with Crippen LogP contribution < -0.4 is 10.2 Å². The first kappa shape index (κ1) is 15.6. The van der Waals surface area contributed by atoms with Gasteiger partial charge in [0.05, 0.1) is 11.4 Å². The van der Waals surface area contributed by atoms with Crippen LogP contribution in [0.3, 0.4) is 0 Å². The van der Waals surface area contributed by atoms with Crippen LogP contribution in [0.25, 0.3) is 0 Å². The number of amides is 1. The number of aromatic nitrogens is 2. The van der Waals surface area contributed by atoms with Gasteiger partial charge < -0.3 is 10.2 Å². The fourth-order valence-electron chi connectivity index (χ4n) is 3.04. The minimum atomic E-state index is 0.0318.